The molecule has 0 saturated heterocycles. The van der Waals surface area contributed by atoms with Crippen molar-refractivity contribution < 1.29 is 14.0 Å². The molecule has 0 spiro atoms. The van der Waals surface area contributed by atoms with Gasteiger partial charge in [-0.25, -0.2) is 0 Å². The molecule has 0 aliphatic heterocycles. The summed E-state index contributed by atoms with van der Waals surface area (Å²) in [5.41, 5.74) is 0. The summed E-state index contributed by atoms with van der Waals surface area (Å²) in [6.07, 6.45) is 2.38. The van der Waals surface area contributed by atoms with Gasteiger partial charge in [-0.05, 0) is 25.5 Å². The van der Waals surface area contributed by atoms with Crippen molar-refractivity contribution in [1.82, 2.24) is 10.1 Å². The summed E-state index contributed by atoms with van der Waals surface area (Å²) in [5.74, 6) is 1.55. The lowest BCUT2D eigenvalue weighted by Gasteiger charge is -1.97. The number of aryl methyl sites for hydroxylation is 1. The molecule has 1 unspecified atom stereocenters. The Hall–Kier alpha value is -1.62. The maximum absolute atomic E-state index is 9.10. The van der Waals surface area contributed by atoms with E-state index in [1.807, 2.05) is 0 Å². The molecule has 2 rings (SSSR count). The summed E-state index contributed by atoms with van der Waals surface area (Å²) in [6.45, 7) is 1.73. The Bertz CT molecular complexity index is 406. The van der Waals surface area contributed by atoms with E-state index in [4.69, 9.17) is 14.0 Å². The van der Waals surface area contributed by atoms with Crippen molar-refractivity contribution in [2.45, 2.75) is 25.9 Å². The minimum atomic E-state index is -0.357. The zero-order chi connectivity index (χ0) is 10.7. The van der Waals surface area contributed by atoms with Crippen molar-refractivity contribution in [3.8, 4) is 11.6 Å². The molecule has 1 N–H and O–H groups in total. The van der Waals surface area contributed by atoms with Gasteiger partial charge in [-0.3, -0.25) is 0 Å². The summed E-state index contributed by atoms with van der Waals surface area (Å²) < 4.78 is 10.1. The summed E-state index contributed by atoms with van der Waals surface area (Å²) in [6, 6.07) is 3.53. The van der Waals surface area contributed by atoms with E-state index in [0.717, 1.165) is 0 Å². The lowest BCUT2D eigenvalue weighted by molar-refractivity contribution is 0.180. The van der Waals surface area contributed by atoms with Crippen LogP contribution < -0.4 is 0 Å². The van der Waals surface area contributed by atoms with E-state index >= 15 is 0 Å². The van der Waals surface area contributed by atoms with Gasteiger partial charge in [0, 0.05) is 6.42 Å². The third-order valence-electron chi connectivity index (χ3n) is 1.99. The van der Waals surface area contributed by atoms with Crippen LogP contribution in [-0.4, -0.2) is 21.4 Å². The van der Waals surface area contributed by atoms with E-state index in [9.17, 15) is 0 Å². The van der Waals surface area contributed by atoms with E-state index in [1.165, 1.54) is 0 Å². The molecule has 2 aromatic heterocycles. The highest BCUT2D eigenvalue weighted by atomic mass is 16.5. The van der Waals surface area contributed by atoms with Crippen LogP contribution in [0.2, 0.25) is 0 Å². The third kappa shape index (κ3) is 2.44. The quantitative estimate of drug-likeness (QED) is 0.826. The van der Waals surface area contributed by atoms with Crippen molar-refractivity contribution in [2.75, 3.05) is 0 Å². The first-order valence-corrected chi connectivity index (χ1v) is 4.80. The van der Waals surface area contributed by atoms with Crippen molar-refractivity contribution in [2.24, 2.45) is 0 Å². The topological polar surface area (TPSA) is 72.3 Å². The Balaban J connectivity index is 2.04. The largest absolute Gasteiger partial charge is 0.461 e. The number of furan rings is 1. The lowest BCUT2D eigenvalue weighted by Crippen LogP contribution is -2.01. The Morgan fingerprint density at radius 2 is 2.40 bits per heavy atom. The van der Waals surface area contributed by atoms with Gasteiger partial charge >= 0.3 is 0 Å². The first-order chi connectivity index (χ1) is 7.25. The van der Waals surface area contributed by atoms with Crippen LogP contribution >= 0.6 is 0 Å². The van der Waals surface area contributed by atoms with Gasteiger partial charge in [0.1, 0.15) is 0 Å². The molecule has 0 bridgehead atoms. The first-order valence-electron chi connectivity index (χ1n) is 4.80. The second kappa shape index (κ2) is 4.27. The Kier molecular flexibility index (Phi) is 2.82. The van der Waals surface area contributed by atoms with Gasteiger partial charge in [-0.1, -0.05) is 5.16 Å². The molecule has 15 heavy (non-hydrogen) atoms. The zero-order valence-corrected chi connectivity index (χ0v) is 8.38. The van der Waals surface area contributed by atoms with Gasteiger partial charge in [0.2, 0.25) is 11.7 Å². The SMILES string of the molecule is CC(O)CCc1nc(-c2ccco2)no1. The summed E-state index contributed by atoms with van der Waals surface area (Å²) in [5, 5.41) is 12.9. The molecule has 5 heteroatoms. The molecule has 0 saturated carbocycles. The molecule has 1 atom stereocenters. The third-order valence-corrected chi connectivity index (χ3v) is 1.99. The predicted molar refractivity (Wildman–Crippen MR) is 52.0 cm³/mol. The molecule has 0 aromatic carbocycles. The fourth-order valence-electron chi connectivity index (χ4n) is 1.19. The summed E-state index contributed by atoms with van der Waals surface area (Å²) in [7, 11) is 0. The normalized spacial score (nSPS) is 12.9. The second-order valence-corrected chi connectivity index (χ2v) is 3.38. The standard InChI is InChI=1S/C10H12N2O3/c1-7(13)4-5-9-11-10(12-15-9)8-3-2-6-14-8/h2-3,6-7,13H,4-5H2,1H3. The van der Waals surface area contributed by atoms with Crippen LogP contribution in [0.3, 0.4) is 0 Å². The van der Waals surface area contributed by atoms with E-state index in [2.05, 4.69) is 10.1 Å². The second-order valence-electron chi connectivity index (χ2n) is 3.38. The molecule has 80 valence electrons. The van der Waals surface area contributed by atoms with Crippen LogP contribution in [0.1, 0.15) is 19.2 Å². The number of aliphatic hydroxyl groups excluding tert-OH is 1. The van der Waals surface area contributed by atoms with Crippen molar-refractivity contribution >= 4 is 0 Å². The van der Waals surface area contributed by atoms with E-state index in [0.29, 0.717) is 30.3 Å². The van der Waals surface area contributed by atoms with Crippen LogP contribution in [0.5, 0.6) is 0 Å². The van der Waals surface area contributed by atoms with E-state index < -0.39 is 0 Å². The molecular weight excluding hydrogens is 196 g/mol. The fraction of sp³-hybridized carbons (Fsp3) is 0.400. The monoisotopic (exact) mass is 208 g/mol. The Morgan fingerprint density at radius 1 is 1.53 bits per heavy atom. The molecule has 0 aliphatic rings. The van der Waals surface area contributed by atoms with Crippen LogP contribution in [0, 0.1) is 0 Å². The number of hydrogen-bond acceptors (Lipinski definition) is 5. The highest BCUT2D eigenvalue weighted by molar-refractivity contribution is 5.44. The fourth-order valence-corrected chi connectivity index (χ4v) is 1.19. The predicted octanol–water partition coefficient (Wildman–Crippen LogP) is 1.64. The van der Waals surface area contributed by atoms with Gasteiger partial charge in [-0.15, -0.1) is 0 Å². The van der Waals surface area contributed by atoms with Crippen LogP contribution in [-0.2, 0) is 6.42 Å². The molecule has 0 fully saturated rings. The van der Waals surface area contributed by atoms with Crippen molar-refractivity contribution in [1.29, 1.82) is 0 Å². The van der Waals surface area contributed by atoms with Gasteiger partial charge in [-0.2, -0.15) is 4.98 Å². The molecule has 0 radical (unpaired) electrons. The number of aliphatic hydroxyl groups is 1. The maximum atomic E-state index is 9.10. The molecule has 0 amide bonds. The summed E-state index contributed by atoms with van der Waals surface area (Å²) >= 11 is 0. The Labute approximate surface area is 86.7 Å². The highest BCUT2D eigenvalue weighted by Gasteiger charge is 2.10. The molecule has 2 aromatic rings. The number of nitrogens with zero attached hydrogens (tertiary/aromatic N) is 2. The average Bonchev–Trinajstić information content (AvgIpc) is 2.85. The van der Waals surface area contributed by atoms with Gasteiger partial charge in [0.15, 0.2) is 5.76 Å². The molecule has 5 nitrogen and oxygen atoms in total. The van der Waals surface area contributed by atoms with Gasteiger partial charge in [0.25, 0.3) is 0 Å². The molecular formula is C10H12N2O3. The first kappa shape index (κ1) is 9.92. The number of rotatable bonds is 4. The zero-order valence-electron chi connectivity index (χ0n) is 8.38. The number of aromatic nitrogens is 2. The Morgan fingerprint density at radius 3 is 3.07 bits per heavy atom. The maximum Gasteiger partial charge on any atom is 0.238 e. The van der Waals surface area contributed by atoms with Crippen LogP contribution in [0.4, 0.5) is 0 Å². The highest BCUT2D eigenvalue weighted by Crippen LogP contribution is 2.16. The lowest BCUT2D eigenvalue weighted by atomic mass is 10.2. The summed E-state index contributed by atoms with van der Waals surface area (Å²) in [4.78, 5) is 4.14. The van der Waals surface area contributed by atoms with Crippen molar-refractivity contribution in [3.63, 3.8) is 0 Å². The average molecular weight is 208 g/mol. The van der Waals surface area contributed by atoms with Gasteiger partial charge in [0.05, 0.1) is 12.4 Å². The van der Waals surface area contributed by atoms with Crippen LogP contribution in [0.25, 0.3) is 11.6 Å². The van der Waals surface area contributed by atoms with E-state index in [1.54, 1.807) is 25.3 Å². The smallest absolute Gasteiger partial charge is 0.238 e. The van der Waals surface area contributed by atoms with Gasteiger partial charge < -0.3 is 14.0 Å². The molecule has 2 heterocycles. The van der Waals surface area contributed by atoms with Crippen molar-refractivity contribution in [3.05, 3.63) is 24.3 Å². The minimum Gasteiger partial charge on any atom is -0.461 e. The minimum absolute atomic E-state index is 0.357. The number of hydrogen-bond donors (Lipinski definition) is 1. The van der Waals surface area contributed by atoms with E-state index in [-0.39, 0.29) is 6.10 Å². The molecule has 0 aliphatic carbocycles. The van der Waals surface area contributed by atoms with Crippen LogP contribution in [0.15, 0.2) is 27.3 Å².